The van der Waals surface area contributed by atoms with Crippen molar-refractivity contribution in [2.45, 2.75) is 57.3 Å². The van der Waals surface area contributed by atoms with Crippen LogP contribution in [0.2, 0.25) is 0 Å². The van der Waals surface area contributed by atoms with Crippen molar-refractivity contribution in [3.05, 3.63) is 84.0 Å². The molecule has 0 bridgehead atoms. The summed E-state index contributed by atoms with van der Waals surface area (Å²) in [7, 11) is 0. The number of carbonyl (C=O) groups is 3. The highest BCUT2D eigenvalue weighted by molar-refractivity contribution is 6.07. The number of para-hydroxylation sites is 2. The summed E-state index contributed by atoms with van der Waals surface area (Å²) in [6.07, 6.45) is 10.1. The van der Waals surface area contributed by atoms with E-state index in [0.29, 0.717) is 32.5 Å². The maximum Gasteiger partial charge on any atom is 0.253 e. The number of likely N-dealkylation sites (tertiary alicyclic amines) is 1. The van der Waals surface area contributed by atoms with Gasteiger partial charge in [-0.15, -0.1) is 0 Å². The Balaban J connectivity index is 1.41. The third-order valence-corrected chi connectivity index (χ3v) is 9.24. The molecule has 2 aromatic carbocycles. The van der Waals surface area contributed by atoms with E-state index in [1.54, 1.807) is 14.7 Å². The fourth-order valence-electron chi connectivity index (χ4n) is 7.40. The number of fused-ring (bicyclic) bond motifs is 2. The van der Waals surface area contributed by atoms with Crippen LogP contribution in [-0.4, -0.2) is 71.7 Å². The molecule has 0 radical (unpaired) electrons. The van der Waals surface area contributed by atoms with Gasteiger partial charge in [-0.1, -0.05) is 73.5 Å². The number of aliphatic hydroxyl groups is 1. The Labute approximate surface area is 247 Å². The second-order valence-corrected chi connectivity index (χ2v) is 11.8. The smallest absolute Gasteiger partial charge is 0.253 e. The number of amides is 3. The van der Waals surface area contributed by atoms with Crippen LogP contribution in [0.3, 0.4) is 0 Å². The van der Waals surface area contributed by atoms with Gasteiger partial charge in [0.15, 0.2) is 0 Å². The van der Waals surface area contributed by atoms with Gasteiger partial charge in [-0.25, -0.2) is 0 Å². The van der Waals surface area contributed by atoms with Crippen molar-refractivity contribution in [3.63, 3.8) is 0 Å². The maximum atomic E-state index is 14.7. The van der Waals surface area contributed by atoms with Crippen LogP contribution in [0.5, 0.6) is 0 Å². The highest BCUT2D eigenvalue weighted by atomic mass is 16.5. The third-order valence-electron chi connectivity index (χ3n) is 9.24. The van der Waals surface area contributed by atoms with Gasteiger partial charge in [0.05, 0.1) is 17.9 Å². The number of aliphatic hydroxyl groups excluding tert-OH is 1. The second kappa shape index (κ2) is 11.5. The highest BCUT2D eigenvalue weighted by Crippen LogP contribution is 2.54. The summed E-state index contributed by atoms with van der Waals surface area (Å²) in [6.45, 7) is 5.25. The zero-order chi connectivity index (χ0) is 29.4. The number of hydrogen-bond acceptors (Lipinski definition) is 5. The molecule has 2 saturated heterocycles. The Kier molecular flexibility index (Phi) is 7.77. The third kappa shape index (κ3) is 4.57. The summed E-state index contributed by atoms with van der Waals surface area (Å²) in [6, 6.07) is 14.6. The molecular formula is C34H39N3O5. The van der Waals surface area contributed by atoms with Crippen molar-refractivity contribution < 1.29 is 24.2 Å². The van der Waals surface area contributed by atoms with Gasteiger partial charge in [-0.05, 0) is 49.9 Å². The van der Waals surface area contributed by atoms with Gasteiger partial charge in [0.2, 0.25) is 11.8 Å². The number of rotatable bonds is 8. The van der Waals surface area contributed by atoms with Crippen molar-refractivity contribution in [3.8, 4) is 0 Å². The molecular weight excluding hydrogens is 530 g/mol. The van der Waals surface area contributed by atoms with Gasteiger partial charge < -0.3 is 24.5 Å². The van der Waals surface area contributed by atoms with Crippen LogP contribution in [0.1, 0.15) is 36.8 Å². The van der Waals surface area contributed by atoms with Gasteiger partial charge in [-0.3, -0.25) is 14.4 Å². The van der Waals surface area contributed by atoms with E-state index in [0.717, 1.165) is 35.3 Å². The quantitative estimate of drug-likeness (QED) is 0.384. The predicted octanol–water partition coefficient (Wildman–Crippen LogP) is 3.94. The van der Waals surface area contributed by atoms with E-state index in [-0.39, 0.29) is 24.3 Å². The molecule has 2 aromatic rings. The van der Waals surface area contributed by atoms with Gasteiger partial charge in [0, 0.05) is 37.6 Å². The van der Waals surface area contributed by atoms with Gasteiger partial charge in [0.1, 0.15) is 11.6 Å². The highest BCUT2D eigenvalue weighted by Gasteiger charge is 2.71. The van der Waals surface area contributed by atoms with E-state index in [1.807, 2.05) is 86.7 Å². The molecule has 42 heavy (non-hydrogen) atoms. The predicted molar refractivity (Wildman–Crippen MR) is 161 cm³/mol. The fraction of sp³-hybridized carbons (Fsp3) is 0.441. The molecule has 0 aromatic heterocycles. The average Bonchev–Trinajstić information content (AvgIpc) is 3.29. The van der Waals surface area contributed by atoms with Crippen LogP contribution >= 0.6 is 0 Å². The lowest BCUT2D eigenvalue weighted by atomic mass is 9.77. The molecule has 220 valence electrons. The Bertz CT molecular complexity index is 1400. The Morgan fingerprint density at radius 3 is 2.29 bits per heavy atom. The lowest BCUT2D eigenvalue weighted by Gasteiger charge is -2.36. The summed E-state index contributed by atoms with van der Waals surface area (Å²) in [5.74, 6) is -2.11. The topological polar surface area (TPSA) is 90.4 Å². The van der Waals surface area contributed by atoms with E-state index in [2.05, 4.69) is 0 Å². The molecule has 8 nitrogen and oxygen atoms in total. The number of anilines is 2. The standard InChI is InChI=1S/C34H39N3O5/c1-23-13-10-14-24(2)29(23)36-21-12-18-34-28(32(40)37(30(34)33(36)41)19-8-3-4-9-22-38)27-26(42-34)17-11-20-35(31(27)39)25-15-6-5-7-16-25/h5-7,10-18,26-28,30,38H,3-4,8-9,19-22H2,1-2H3/t26-,27+,28+,30?,34+/m1/s1. The molecule has 0 saturated carbocycles. The largest absolute Gasteiger partial charge is 0.396 e. The first-order chi connectivity index (χ1) is 20.4. The van der Waals surface area contributed by atoms with Crippen LogP contribution < -0.4 is 9.80 Å². The van der Waals surface area contributed by atoms with Crippen molar-refractivity contribution in [1.82, 2.24) is 4.90 Å². The molecule has 1 unspecified atom stereocenters. The molecule has 6 rings (SSSR count). The van der Waals surface area contributed by atoms with Crippen molar-refractivity contribution >= 4 is 29.1 Å². The maximum absolute atomic E-state index is 14.7. The van der Waals surface area contributed by atoms with Crippen molar-refractivity contribution in [1.29, 1.82) is 0 Å². The molecule has 4 aliphatic heterocycles. The summed E-state index contributed by atoms with van der Waals surface area (Å²) < 4.78 is 6.79. The zero-order valence-corrected chi connectivity index (χ0v) is 24.3. The average molecular weight is 570 g/mol. The number of unbranched alkanes of at least 4 members (excludes halogenated alkanes) is 3. The number of benzene rings is 2. The molecule has 8 heteroatoms. The first kappa shape index (κ1) is 28.4. The first-order valence-corrected chi connectivity index (χ1v) is 15.1. The number of ether oxygens (including phenoxy) is 1. The minimum absolute atomic E-state index is 0.134. The minimum atomic E-state index is -1.25. The molecule has 3 amide bonds. The summed E-state index contributed by atoms with van der Waals surface area (Å²) in [4.78, 5) is 48.6. The van der Waals surface area contributed by atoms with Crippen molar-refractivity contribution in [2.75, 3.05) is 36.0 Å². The normalized spacial score (nSPS) is 28.5. The Morgan fingerprint density at radius 1 is 0.833 bits per heavy atom. The van der Waals surface area contributed by atoms with Crippen LogP contribution in [0, 0.1) is 25.7 Å². The molecule has 0 aliphatic carbocycles. The van der Waals surface area contributed by atoms with Gasteiger partial charge >= 0.3 is 0 Å². The summed E-state index contributed by atoms with van der Waals surface area (Å²) in [5.41, 5.74) is 2.34. The Hall–Kier alpha value is -3.75. The molecule has 1 N–H and O–H groups in total. The van der Waals surface area contributed by atoms with E-state index in [4.69, 9.17) is 4.74 Å². The molecule has 2 fully saturated rings. The zero-order valence-electron chi connectivity index (χ0n) is 24.3. The number of hydrogen-bond donors (Lipinski definition) is 1. The van der Waals surface area contributed by atoms with Gasteiger partial charge in [0.25, 0.3) is 5.91 Å². The first-order valence-electron chi connectivity index (χ1n) is 15.1. The second-order valence-electron chi connectivity index (χ2n) is 11.8. The van der Waals surface area contributed by atoms with E-state index in [9.17, 15) is 19.5 Å². The van der Waals surface area contributed by atoms with Crippen LogP contribution in [0.4, 0.5) is 11.4 Å². The van der Waals surface area contributed by atoms with E-state index >= 15 is 0 Å². The lowest BCUT2D eigenvalue weighted by molar-refractivity contribution is -0.140. The molecule has 4 heterocycles. The number of carbonyl (C=O) groups excluding carboxylic acids is 3. The summed E-state index contributed by atoms with van der Waals surface area (Å²) in [5, 5.41) is 9.21. The van der Waals surface area contributed by atoms with Crippen LogP contribution in [-0.2, 0) is 19.1 Å². The number of aryl methyl sites for hydroxylation is 2. The van der Waals surface area contributed by atoms with Gasteiger partial charge in [-0.2, -0.15) is 0 Å². The van der Waals surface area contributed by atoms with Crippen LogP contribution in [0.25, 0.3) is 0 Å². The summed E-state index contributed by atoms with van der Waals surface area (Å²) >= 11 is 0. The van der Waals surface area contributed by atoms with E-state index < -0.39 is 29.6 Å². The molecule has 5 atom stereocenters. The van der Waals surface area contributed by atoms with Crippen molar-refractivity contribution in [2.24, 2.45) is 11.8 Å². The molecule has 1 spiro atoms. The number of nitrogens with zero attached hydrogens (tertiary/aromatic N) is 3. The minimum Gasteiger partial charge on any atom is -0.396 e. The monoisotopic (exact) mass is 569 g/mol. The lowest BCUT2D eigenvalue weighted by Crippen LogP contribution is -2.55. The fourth-order valence-corrected chi connectivity index (χ4v) is 7.40. The molecule has 4 aliphatic rings. The van der Waals surface area contributed by atoms with E-state index in [1.165, 1.54) is 0 Å². The SMILES string of the molecule is Cc1cccc(C)c1N1CC=C[C@]23O[C@@H]4C=CCN(c5ccccc5)C(=O)[C@@H]4[C@H]2C(=O)N(CCCCCCO)C3C1=O. The van der Waals surface area contributed by atoms with Crippen LogP contribution in [0.15, 0.2) is 72.8 Å². The Morgan fingerprint density at radius 2 is 1.55 bits per heavy atom.